The molecule has 0 bridgehead atoms. The van der Waals surface area contributed by atoms with Crippen LogP contribution in [0.5, 0.6) is 0 Å². The molecule has 22 heavy (non-hydrogen) atoms. The maximum Gasteiger partial charge on any atom is 0.236 e. The second kappa shape index (κ2) is 7.06. The van der Waals surface area contributed by atoms with Crippen molar-refractivity contribution in [1.29, 1.82) is 0 Å². The molecule has 0 radical (unpaired) electrons. The highest BCUT2D eigenvalue weighted by atomic mass is 32.1. The molecule has 1 amide bonds. The average molecular weight is 325 g/mol. The normalized spacial score (nSPS) is 17.3. The lowest BCUT2D eigenvalue weighted by Crippen LogP contribution is -2.44. The topological polar surface area (TPSA) is 56.7 Å². The van der Waals surface area contributed by atoms with Gasteiger partial charge in [0.2, 0.25) is 5.91 Å². The number of hydrogen-bond acceptors (Lipinski definition) is 5. The number of thiazole rings is 1. The lowest BCUT2D eigenvalue weighted by atomic mass is 9.98. The predicted octanol–water partition coefficient (Wildman–Crippen LogP) is 1.86. The Morgan fingerprint density at radius 2 is 2.09 bits per heavy atom. The van der Waals surface area contributed by atoms with Gasteiger partial charge >= 0.3 is 0 Å². The van der Waals surface area contributed by atoms with Crippen molar-refractivity contribution >= 4 is 17.2 Å². The van der Waals surface area contributed by atoms with Crippen LogP contribution in [0.15, 0.2) is 5.38 Å². The third-order valence-electron chi connectivity index (χ3n) is 3.85. The summed E-state index contributed by atoms with van der Waals surface area (Å²) in [4.78, 5) is 20.8. The zero-order valence-corrected chi connectivity index (χ0v) is 14.8. The number of amides is 1. The minimum Gasteiger partial charge on any atom is -0.393 e. The monoisotopic (exact) mass is 325 g/mol. The first kappa shape index (κ1) is 17.4. The van der Waals surface area contributed by atoms with E-state index < -0.39 is 0 Å². The summed E-state index contributed by atoms with van der Waals surface area (Å²) in [6.07, 6.45) is 1.14. The van der Waals surface area contributed by atoms with Crippen LogP contribution in [0.25, 0.3) is 0 Å². The summed E-state index contributed by atoms with van der Waals surface area (Å²) < 4.78 is 0. The first-order valence-electron chi connectivity index (χ1n) is 7.85. The Morgan fingerprint density at radius 1 is 1.45 bits per heavy atom. The van der Waals surface area contributed by atoms with E-state index >= 15 is 0 Å². The number of aliphatic hydroxyl groups excluding tert-OH is 1. The summed E-state index contributed by atoms with van der Waals surface area (Å²) in [6.45, 7) is 8.90. The number of nitrogens with zero attached hydrogens (tertiary/aromatic N) is 3. The van der Waals surface area contributed by atoms with Gasteiger partial charge in [0.15, 0.2) is 0 Å². The highest BCUT2D eigenvalue weighted by Crippen LogP contribution is 2.25. The Hall–Kier alpha value is -0.980. The lowest BCUT2D eigenvalue weighted by molar-refractivity contribution is -0.134. The summed E-state index contributed by atoms with van der Waals surface area (Å²) in [7, 11) is 1.95. The molecule has 2 rings (SSSR count). The molecule has 0 aliphatic carbocycles. The number of rotatable bonds is 4. The minimum absolute atomic E-state index is 0.0753. The van der Waals surface area contributed by atoms with Gasteiger partial charge in [-0.1, -0.05) is 20.8 Å². The minimum atomic E-state index is -0.243. The van der Waals surface area contributed by atoms with Crippen molar-refractivity contribution in [2.75, 3.05) is 26.7 Å². The fraction of sp³-hybridized carbons (Fsp3) is 0.750. The number of likely N-dealkylation sites (tertiary alicyclic amines) is 1. The van der Waals surface area contributed by atoms with E-state index in [1.54, 1.807) is 11.3 Å². The Labute approximate surface area is 137 Å². The van der Waals surface area contributed by atoms with Crippen LogP contribution in [0.1, 0.15) is 44.3 Å². The van der Waals surface area contributed by atoms with Crippen molar-refractivity contribution in [2.24, 2.45) is 0 Å². The largest absolute Gasteiger partial charge is 0.393 e. The molecule has 0 spiro atoms. The molecule has 0 aromatic carbocycles. The molecule has 1 aromatic rings. The van der Waals surface area contributed by atoms with Crippen LogP contribution in [0.4, 0.5) is 0 Å². The van der Waals surface area contributed by atoms with Crippen LogP contribution in [0.3, 0.4) is 0 Å². The van der Waals surface area contributed by atoms with E-state index in [9.17, 15) is 9.90 Å². The third-order valence-corrected chi connectivity index (χ3v) is 5.16. The van der Waals surface area contributed by atoms with E-state index in [4.69, 9.17) is 0 Å². The molecule has 1 fully saturated rings. The van der Waals surface area contributed by atoms with Crippen molar-refractivity contribution in [3.63, 3.8) is 0 Å². The summed E-state index contributed by atoms with van der Waals surface area (Å²) in [6, 6.07) is 0. The van der Waals surface area contributed by atoms with Crippen molar-refractivity contribution < 1.29 is 9.90 Å². The van der Waals surface area contributed by atoms with Crippen molar-refractivity contribution in [3.8, 4) is 0 Å². The zero-order valence-electron chi connectivity index (χ0n) is 14.0. The number of carbonyl (C=O) groups excluding carboxylic acids is 1. The van der Waals surface area contributed by atoms with Gasteiger partial charge in [0.1, 0.15) is 0 Å². The number of hydrogen-bond donors (Lipinski definition) is 1. The highest BCUT2D eigenvalue weighted by molar-refractivity contribution is 7.09. The summed E-state index contributed by atoms with van der Waals surface area (Å²) in [5, 5.41) is 12.7. The molecule has 1 N–H and O–H groups in total. The Kier molecular flexibility index (Phi) is 5.58. The van der Waals surface area contributed by atoms with Crippen molar-refractivity contribution in [2.45, 2.75) is 51.7 Å². The molecule has 0 atom stereocenters. The molecule has 2 heterocycles. The number of piperidine rings is 1. The van der Waals surface area contributed by atoms with Gasteiger partial charge in [-0.2, -0.15) is 0 Å². The molecule has 1 aromatic heterocycles. The molecular formula is C16H27N3O2S. The summed E-state index contributed by atoms with van der Waals surface area (Å²) in [5.41, 5.74) is 1.10. The maximum atomic E-state index is 12.3. The van der Waals surface area contributed by atoms with E-state index in [0.29, 0.717) is 39.0 Å². The average Bonchev–Trinajstić information content (AvgIpc) is 2.87. The van der Waals surface area contributed by atoms with Gasteiger partial charge < -0.3 is 10.0 Å². The molecule has 0 saturated carbocycles. The molecular weight excluding hydrogens is 298 g/mol. The number of likely N-dealkylation sites (N-methyl/N-ethyl adjacent to an activating group) is 1. The molecule has 5 nitrogen and oxygen atoms in total. The Bertz CT molecular complexity index is 502. The lowest BCUT2D eigenvalue weighted by Gasteiger charge is -2.30. The Balaban J connectivity index is 1.83. The first-order valence-corrected chi connectivity index (χ1v) is 8.73. The van der Waals surface area contributed by atoms with E-state index in [2.05, 4.69) is 31.1 Å². The van der Waals surface area contributed by atoms with E-state index in [0.717, 1.165) is 10.7 Å². The van der Waals surface area contributed by atoms with Crippen LogP contribution >= 0.6 is 11.3 Å². The quantitative estimate of drug-likeness (QED) is 0.918. The third kappa shape index (κ3) is 4.76. The number of carbonyl (C=O) groups is 1. The van der Waals surface area contributed by atoms with Crippen LogP contribution in [-0.2, 0) is 16.8 Å². The van der Waals surface area contributed by atoms with E-state index in [1.165, 1.54) is 0 Å². The second-order valence-electron chi connectivity index (χ2n) is 7.18. The van der Waals surface area contributed by atoms with Gasteiger partial charge in [-0.05, 0) is 19.9 Å². The van der Waals surface area contributed by atoms with Crippen molar-refractivity contribution in [1.82, 2.24) is 14.8 Å². The highest BCUT2D eigenvalue weighted by Gasteiger charge is 2.23. The maximum absolute atomic E-state index is 12.3. The molecule has 0 unspecified atom stereocenters. The summed E-state index contributed by atoms with van der Waals surface area (Å²) in [5.74, 6) is 0.140. The first-order chi connectivity index (χ1) is 10.3. The number of aliphatic hydroxyl groups is 1. The predicted molar refractivity (Wildman–Crippen MR) is 89.0 cm³/mol. The van der Waals surface area contributed by atoms with E-state index in [1.807, 2.05) is 16.8 Å². The van der Waals surface area contributed by atoms with Crippen LogP contribution < -0.4 is 0 Å². The van der Waals surface area contributed by atoms with Gasteiger partial charge in [-0.15, -0.1) is 11.3 Å². The summed E-state index contributed by atoms with van der Waals surface area (Å²) >= 11 is 1.68. The molecule has 1 aliphatic heterocycles. The van der Waals surface area contributed by atoms with Crippen molar-refractivity contribution in [3.05, 3.63) is 16.1 Å². The Morgan fingerprint density at radius 3 is 2.64 bits per heavy atom. The SMILES string of the molecule is CN(CC(=O)N1CCC(O)CC1)Cc1csc(C(C)(C)C)n1. The molecule has 1 aliphatic rings. The molecule has 124 valence electrons. The van der Waals surface area contributed by atoms with Gasteiger partial charge in [0, 0.05) is 30.4 Å². The van der Waals surface area contributed by atoms with Gasteiger partial charge in [0.05, 0.1) is 23.4 Å². The zero-order chi connectivity index (χ0) is 16.3. The smallest absolute Gasteiger partial charge is 0.236 e. The molecule has 6 heteroatoms. The fourth-order valence-electron chi connectivity index (χ4n) is 2.50. The van der Waals surface area contributed by atoms with Crippen LogP contribution in [0, 0.1) is 0 Å². The van der Waals surface area contributed by atoms with E-state index in [-0.39, 0.29) is 17.4 Å². The standard InChI is InChI=1S/C16H27N3O2S/c1-16(2,3)15-17-12(11-22-15)9-18(4)10-14(21)19-7-5-13(20)6-8-19/h11,13,20H,5-10H2,1-4H3. The number of aromatic nitrogens is 1. The van der Waals surface area contributed by atoms with Gasteiger partial charge in [-0.3, -0.25) is 9.69 Å². The van der Waals surface area contributed by atoms with Crippen LogP contribution in [0.2, 0.25) is 0 Å². The second-order valence-corrected chi connectivity index (χ2v) is 8.04. The molecule has 1 saturated heterocycles. The fourth-order valence-corrected chi connectivity index (χ4v) is 3.40. The van der Waals surface area contributed by atoms with Gasteiger partial charge in [-0.25, -0.2) is 4.98 Å². The van der Waals surface area contributed by atoms with Crippen LogP contribution in [-0.4, -0.2) is 58.6 Å². The van der Waals surface area contributed by atoms with Gasteiger partial charge in [0.25, 0.3) is 0 Å².